The molecule has 2 N–H and O–H groups in total. The number of aliphatic hydroxyl groups excluding tert-OH is 1. The summed E-state index contributed by atoms with van der Waals surface area (Å²) in [4.78, 5) is 39.2. The highest BCUT2D eigenvalue weighted by molar-refractivity contribution is 5.90. The fraction of sp³-hybridized carbons (Fsp3) is 0.647. The van der Waals surface area contributed by atoms with E-state index in [9.17, 15) is 14.4 Å². The average Bonchev–Trinajstić information content (AvgIpc) is 3.02. The number of rotatable bonds is 7. The number of carbonyl (C=O) groups excluding carboxylic acids is 2. The first-order valence-corrected chi connectivity index (χ1v) is 8.63. The molecule has 2 atom stereocenters. The summed E-state index contributed by atoms with van der Waals surface area (Å²) in [5.41, 5.74) is -1.21. The van der Waals surface area contributed by atoms with Gasteiger partial charge in [0.05, 0.1) is 12.7 Å². The first kappa shape index (κ1) is 21.0. The van der Waals surface area contributed by atoms with Gasteiger partial charge in [-0.15, -0.1) is 0 Å². The summed E-state index contributed by atoms with van der Waals surface area (Å²) in [6, 6.07) is 1.46. The molecule has 1 amide bonds. The van der Waals surface area contributed by atoms with Gasteiger partial charge in [0, 0.05) is 6.20 Å². The van der Waals surface area contributed by atoms with Crippen LogP contribution in [0.2, 0.25) is 0 Å². The molecule has 10 heteroatoms. The Hall–Kier alpha value is -2.30. The minimum absolute atomic E-state index is 0.0684. The summed E-state index contributed by atoms with van der Waals surface area (Å²) < 4.78 is 16.9. The predicted octanol–water partition coefficient (Wildman–Crippen LogP) is 0.210. The molecule has 10 nitrogen and oxygen atoms in total. The average molecular weight is 383 g/mol. The minimum Gasteiger partial charge on any atom is -0.458 e. The lowest BCUT2D eigenvalue weighted by molar-refractivity contribution is -0.160. The molecule has 150 valence electrons. The van der Waals surface area contributed by atoms with Crippen molar-refractivity contribution in [3.8, 4) is 0 Å². The number of amides is 1. The molecule has 1 aliphatic rings. The SMILES string of the molecule is CC(C)(C)OC(=O)COCC(=O)Nc1ccn(C2CCC(CO)O2)c(=O)n1. The number of esters is 1. The quantitative estimate of drug-likeness (QED) is 0.639. The van der Waals surface area contributed by atoms with Gasteiger partial charge < -0.3 is 24.6 Å². The van der Waals surface area contributed by atoms with Crippen molar-refractivity contribution in [3.63, 3.8) is 0 Å². The first-order valence-electron chi connectivity index (χ1n) is 8.63. The van der Waals surface area contributed by atoms with E-state index >= 15 is 0 Å². The molecule has 1 aromatic rings. The molecule has 2 rings (SSSR count). The van der Waals surface area contributed by atoms with E-state index in [4.69, 9.17) is 19.3 Å². The lowest BCUT2D eigenvalue weighted by atomic mass is 10.2. The Morgan fingerprint density at radius 2 is 2.11 bits per heavy atom. The Kier molecular flexibility index (Phi) is 7.05. The molecular weight excluding hydrogens is 358 g/mol. The number of nitrogens with zero attached hydrogens (tertiary/aromatic N) is 2. The topological polar surface area (TPSA) is 129 Å². The van der Waals surface area contributed by atoms with Crippen molar-refractivity contribution < 1.29 is 28.9 Å². The Balaban J connectivity index is 1.82. The maximum absolute atomic E-state index is 12.1. The second-order valence-corrected chi connectivity index (χ2v) is 7.10. The summed E-state index contributed by atoms with van der Waals surface area (Å²) >= 11 is 0. The van der Waals surface area contributed by atoms with Crippen LogP contribution in [0, 0.1) is 0 Å². The van der Waals surface area contributed by atoms with Crippen molar-refractivity contribution in [2.75, 3.05) is 25.1 Å². The highest BCUT2D eigenvalue weighted by atomic mass is 16.6. The Bertz CT molecular complexity index is 726. The van der Waals surface area contributed by atoms with E-state index in [-0.39, 0.29) is 31.7 Å². The van der Waals surface area contributed by atoms with E-state index in [1.54, 1.807) is 20.8 Å². The molecule has 0 aliphatic carbocycles. The zero-order valence-corrected chi connectivity index (χ0v) is 15.6. The molecule has 0 spiro atoms. The summed E-state index contributed by atoms with van der Waals surface area (Å²) in [6.07, 6.45) is 1.95. The summed E-state index contributed by atoms with van der Waals surface area (Å²) in [6.45, 7) is 4.35. The van der Waals surface area contributed by atoms with Gasteiger partial charge in [-0.2, -0.15) is 4.98 Å². The molecule has 1 saturated heterocycles. The number of aromatic nitrogens is 2. The highest BCUT2D eigenvalue weighted by Crippen LogP contribution is 2.26. The second-order valence-electron chi connectivity index (χ2n) is 7.10. The Morgan fingerprint density at radius 1 is 1.37 bits per heavy atom. The van der Waals surface area contributed by atoms with Crippen molar-refractivity contribution in [2.24, 2.45) is 0 Å². The summed E-state index contributed by atoms with van der Waals surface area (Å²) in [5.74, 6) is -1.06. The minimum atomic E-state index is -0.628. The third-order valence-corrected chi connectivity index (χ3v) is 3.57. The molecule has 0 radical (unpaired) electrons. The fourth-order valence-corrected chi connectivity index (χ4v) is 2.50. The van der Waals surface area contributed by atoms with Gasteiger partial charge in [0.1, 0.15) is 30.9 Å². The van der Waals surface area contributed by atoms with Gasteiger partial charge >= 0.3 is 11.7 Å². The molecular formula is C17H25N3O7. The molecule has 1 aliphatic heterocycles. The van der Waals surface area contributed by atoms with E-state index in [2.05, 4.69) is 10.3 Å². The van der Waals surface area contributed by atoms with Gasteiger partial charge in [-0.3, -0.25) is 9.36 Å². The van der Waals surface area contributed by atoms with Crippen molar-refractivity contribution in [3.05, 3.63) is 22.7 Å². The monoisotopic (exact) mass is 383 g/mol. The standard InChI is InChI=1S/C17H25N3O7/c1-17(2,3)27-15(23)10-25-9-13(22)18-12-6-7-20(16(24)19-12)14-5-4-11(8-21)26-14/h6-7,11,14,21H,4-5,8-10H2,1-3H3,(H,18,19,22,24). The number of hydrogen-bond donors (Lipinski definition) is 2. The molecule has 1 aromatic heterocycles. The Morgan fingerprint density at radius 3 is 2.70 bits per heavy atom. The van der Waals surface area contributed by atoms with E-state index < -0.39 is 29.4 Å². The van der Waals surface area contributed by atoms with E-state index in [0.29, 0.717) is 12.8 Å². The number of ether oxygens (including phenoxy) is 3. The van der Waals surface area contributed by atoms with Crippen LogP contribution in [-0.2, 0) is 23.8 Å². The predicted molar refractivity (Wildman–Crippen MR) is 94.0 cm³/mol. The van der Waals surface area contributed by atoms with Gasteiger partial charge in [0.25, 0.3) is 5.91 Å². The molecule has 2 unspecified atom stereocenters. The van der Waals surface area contributed by atoms with Crippen molar-refractivity contribution in [1.82, 2.24) is 9.55 Å². The van der Waals surface area contributed by atoms with E-state index in [1.807, 2.05) is 0 Å². The van der Waals surface area contributed by atoms with Gasteiger partial charge in [-0.1, -0.05) is 0 Å². The summed E-state index contributed by atoms with van der Waals surface area (Å²) in [5, 5.41) is 11.5. The highest BCUT2D eigenvalue weighted by Gasteiger charge is 2.26. The van der Waals surface area contributed by atoms with Crippen LogP contribution in [0.5, 0.6) is 0 Å². The molecule has 0 aromatic carbocycles. The largest absolute Gasteiger partial charge is 0.458 e. The fourth-order valence-electron chi connectivity index (χ4n) is 2.50. The van der Waals surface area contributed by atoms with Gasteiger partial charge in [-0.05, 0) is 39.7 Å². The van der Waals surface area contributed by atoms with Gasteiger partial charge in [0.15, 0.2) is 0 Å². The summed E-state index contributed by atoms with van der Waals surface area (Å²) in [7, 11) is 0. The maximum atomic E-state index is 12.1. The van der Waals surface area contributed by atoms with Gasteiger partial charge in [0.2, 0.25) is 0 Å². The van der Waals surface area contributed by atoms with Crippen LogP contribution >= 0.6 is 0 Å². The number of nitrogens with one attached hydrogen (secondary N) is 1. The third kappa shape index (κ3) is 6.74. The molecule has 2 heterocycles. The first-order chi connectivity index (χ1) is 12.7. The zero-order chi connectivity index (χ0) is 20.0. The molecule has 1 fully saturated rings. The van der Waals surface area contributed by atoms with Crippen LogP contribution < -0.4 is 11.0 Å². The number of aliphatic hydroxyl groups is 1. The molecule has 27 heavy (non-hydrogen) atoms. The number of anilines is 1. The van der Waals surface area contributed by atoms with Crippen LogP contribution in [0.15, 0.2) is 17.1 Å². The van der Waals surface area contributed by atoms with Crippen molar-refractivity contribution >= 4 is 17.7 Å². The van der Waals surface area contributed by atoms with Crippen LogP contribution in [0.1, 0.15) is 39.8 Å². The maximum Gasteiger partial charge on any atom is 0.351 e. The van der Waals surface area contributed by atoms with Crippen molar-refractivity contribution in [1.29, 1.82) is 0 Å². The molecule has 0 bridgehead atoms. The molecule has 0 saturated carbocycles. The normalized spacial score (nSPS) is 19.7. The zero-order valence-electron chi connectivity index (χ0n) is 15.6. The van der Waals surface area contributed by atoms with Crippen molar-refractivity contribution in [2.45, 2.75) is 51.5 Å². The number of carbonyl (C=O) groups is 2. The lowest BCUT2D eigenvalue weighted by Crippen LogP contribution is -2.30. The number of hydrogen-bond acceptors (Lipinski definition) is 8. The van der Waals surface area contributed by atoms with Crippen LogP contribution in [-0.4, -0.2) is 58.1 Å². The Labute approximate surface area is 156 Å². The third-order valence-electron chi connectivity index (χ3n) is 3.57. The van der Waals surface area contributed by atoms with E-state index in [0.717, 1.165) is 0 Å². The smallest absolute Gasteiger partial charge is 0.351 e. The van der Waals surface area contributed by atoms with Crippen LogP contribution in [0.25, 0.3) is 0 Å². The van der Waals surface area contributed by atoms with E-state index in [1.165, 1.54) is 16.8 Å². The van der Waals surface area contributed by atoms with Crippen LogP contribution in [0.4, 0.5) is 5.82 Å². The lowest BCUT2D eigenvalue weighted by Gasteiger charge is -2.19. The van der Waals surface area contributed by atoms with Crippen LogP contribution in [0.3, 0.4) is 0 Å². The second kappa shape index (κ2) is 9.07. The van der Waals surface area contributed by atoms with Gasteiger partial charge in [-0.25, -0.2) is 9.59 Å².